The number of hydrogen-bond donors (Lipinski definition) is 3. The van der Waals surface area contributed by atoms with Crippen molar-refractivity contribution in [3.8, 4) is 11.5 Å². The number of benzene rings is 2. The van der Waals surface area contributed by atoms with Gasteiger partial charge in [-0.25, -0.2) is 10.4 Å². The quantitative estimate of drug-likeness (QED) is 0.329. The van der Waals surface area contributed by atoms with Crippen LogP contribution in [0.15, 0.2) is 52.4 Å². The highest BCUT2D eigenvalue weighted by Gasteiger charge is 2.11. The number of nitrogens with zero attached hydrogens (tertiary/aromatic N) is 3. The van der Waals surface area contributed by atoms with E-state index in [1.807, 2.05) is 6.07 Å². The number of fused-ring (bicyclic) bond motifs is 1. The summed E-state index contributed by atoms with van der Waals surface area (Å²) in [5.41, 5.74) is 4.18. The predicted molar refractivity (Wildman–Crippen MR) is 108 cm³/mol. The summed E-state index contributed by atoms with van der Waals surface area (Å²) in [6.45, 7) is 2.64. The molecule has 1 heterocycles. The molecule has 0 saturated carbocycles. The lowest BCUT2D eigenvalue weighted by molar-refractivity contribution is 0.190. The molecule has 2 aromatic carbocycles. The van der Waals surface area contributed by atoms with Crippen molar-refractivity contribution in [2.45, 2.75) is 19.9 Å². The van der Waals surface area contributed by atoms with Crippen LogP contribution in [0.3, 0.4) is 0 Å². The normalized spacial score (nSPS) is 11.7. The first-order chi connectivity index (χ1) is 13.5. The summed E-state index contributed by atoms with van der Waals surface area (Å²) < 4.78 is 6.60. The smallest absolute Gasteiger partial charge is 0.262 e. The van der Waals surface area contributed by atoms with Crippen LogP contribution in [0.5, 0.6) is 11.5 Å². The molecule has 0 saturated heterocycles. The lowest BCUT2D eigenvalue weighted by Crippen LogP contribution is -2.25. The van der Waals surface area contributed by atoms with Crippen molar-refractivity contribution >= 4 is 22.6 Å². The Morgan fingerprint density at radius 1 is 1.25 bits per heavy atom. The Labute approximate surface area is 161 Å². The number of methoxy groups -OCH3 is 1. The second kappa shape index (κ2) is 8.53. The van der Waals surface area contributed by atoms with E-state index in [9.17, 15) is 15.0 Å². The van der Waals surface area contributed by atoms with Crippen molar-refractivity contribution in [3.63, 3.8) is 0 Å². The Morgan fingerprint density at radius 3 is 2.79 bits per heavy atom. The third-order valence-corrected chi connectivity index (χ3v) is 4.29. The molecule has 28 heavy (non-hydrogen) atoms. The molecule has 0 aliphatic carbocycles. The largest absolute Gasteiger partial charge is 0.508 e. The highest BCUT2D eigenvalue weighted by atomic mass is 16.5. The van der Waals surface area contributed by atoms with Gasteiger partial charge in [0.15, 0.2) is 0 Å². The monoisotopic (exact) mass is 382 g/mol. The van der Waals surface area contributed by atoms with Crippen LogP contribution in [0.1, 0.15) is 18.9 Å². The summed E-state index contributed by atoms with van der Waals surface area (Å²) in [6.07, 6.45) is 0.645. The molecule has 3 rings (SSSR count). The summed E-state index contributed by atoms with van der Waals surface area (Å²) in [4.78, 5) is 17.4. The molecule has 0 aliphatic rings. The number of hydrazone groups is 1. The second-order valence-electron chi connectivity index (χ2n) is 6.27. The van der Waals surface area contributed by atoms with Gasteiger partial charge >= 0.3 is 0 Å². The highest BCUT2D eigenvalue weighted by Crippen LogP contribution is 2.23. The second-order valence-corrected chi connectivity index (χ2v) is 6.27. The maximum absolute atomic E-state index is 12.9. The molecule has 0 spiro atoms. The van der Waals surface area contributed by atoms with Gasteiger partial charge in [-0.15, -0.1) is 0 Å². The zero-order valence-corrected chi connectivity index (χ0v) is 15.7. The van der Waals surface area contributed by atoms with Crippen molar-refractivity contribution < 1.29 is 14.9 Å². The third-order valence-electron chi connectivity index (χ3n) is 4.29. The minimum atomic E-state index is -0.162. The number of ether oxygens (including phenoxy) is 1. The topological polar surface area (TPSA) is 109 Å². The van der Waals surface area contributed by atoms with Gasteiger partial charge in [-0.1, -0.05) is 12.1 Å². The van der Waals surface area contributed by atoms with Gasteiger partial charge in [-0.3, -0.25) is 9.36 Å². The molecule has 0 bridgehead atoms. The Kier molecular flexibility index (Phi) is 5.90. The molecule has 8 heteroatoms. The summed E-state index contributed by atoms with van der Waals surface area (Å²) in [5.74, 6) is 0.176. The lowest BCUT2D eigenvalue weighted by atomic mass is 10.1. The third kappa shape index (κ3) is 4.12. The van der Waals surface area contributed by atoms with Gasteiger partial charge in [-0.05, 0) is 37.6 Å². The van der Waals surface area contributed by atoms with Gasteiger partial charge in [0.1, 0.15) is 11.5 Å². The molecule has 0 radical (unpaired) electrons. The van der Waals surface area contributed by atoms with E-state index in [1.165, 1.54) is 16.7 Å². The summed E-state index contributed by atoms with van der Waals surface area (Å²) in [7, 11) is 1.61. The van der Waals surface area contributed by atoms with Gasteiger partial charge in [0.05, 0.1) is 16.6 Å². The highest BCUT2D eigenvalue weighted by molar-refractivity contribution is 6.01. The maximum Gasteiger partial charge on any atom is 0.262 e. The number of aromatic hydroxyl groups is 2. The lowest BCUT2D eigenvalue weighted by Gasteiger charge is -2.13. The van der Waals surface area contributed by atoms with Gasteiger partial charge in [0, 0.05) is 31.9 Å². The van der Waals surface area contributed by atoms with E-state index >= 15 is 0 Å². The zero-order chi connectivity index (χ0) is 20.1. The molecule has 0 fully saturated rings. The molecule has 146 valence electrons. The number of phenolic OH excluding ortho intramolecular Hbond substituents is 2. The van der Waals surface area contributed by atoms with Crippen molar-refractivity contribution in [2.24, 2.45) is 5.10 Å². The number of anilines is 1. The molecule has 8 nitrogen and oxygen atoms in total. The number of rotatable bonds is 7. The molecular weight excluding hydrogens is 360 g/mol. The van der Waals surface area contributed by atoms with E-state index < -0.39 is 0 Å². The summed E-state index contributed by atoms with van der Waals surface area (Å²) in [5, 5.41) is 24.2. The SMILES string of the molecule is COCCCn1c(N/N=C(\C)c2ccc(O)cc2O)nc2ccccc2c1=O. The molecule has 0 amide bonds. The molecule has 0 unspecified atom stereocenters. The van der Waals surface area contributed by atoms with Crippen molar-refractivity contribution in [1.82, 2.24) is 9.55 Å². The minimum Gasteiger partial charge on any atom is -0.508 e. The van der Waals surface area contributed by atoms with E-state index in [0.29, 0.717) is 47.7 Å². The van der Waals surface area contributed by atoms with E-state index in [2.05, 4.69) is 15.5 Å². The van der Waals surface area contributed by atoms with Gasteiger partial charge in [-0.2, -0.15) is 5.10 Å². The van der Waals surface area contributed by atoms with Crippen LogP contribution in [0, 0.1) is 0 Å². The molecule has 3 aromatic rings. The number of nitrogens with one attached hydrogen (secondary N) is 1. The van der Waals surface area contributed by atoms with Crippen LogP contribution in [0.2, 0.25) is 0 Å². The number of para-hydroxylation sites is 1. The Bertz CT molecular complexity index is 1080. The van der Waals surface area contributed by atoms with Gasteiger partial charge in [0.2, 0.25) is 5.95 Å². The fourth-order valence-electron chi connectivity index (χ4n) is 2.85. The molecule has 1 aromatic heterocycles. The Balaban J connectivity index is 1.98. The molecule has 0 atom stereocenters. The van der Waals surface area contributed by atoms with Crippen LogP contribution in [-0.4, -0.2) is 39.2 Å². The zero-order valence-electron chi connectivity index (χ0n) is 15.7. The van der Waals surface area contributed by atoms with E-state index in [4.69, 9.17) is 4.74 Å². The van der Waals surface area contributed by atoms with Gasteiger partial charge < -0.3 is 14.9 Å². The van der Waals surface area contributed by atoms with Crippen LogP contribution in [0.25, 0.3) is 10.9 Å². The van der Waals surface area contributed by atoms with Crippen LogP contribution < -0.4 is 11.0 Å². The average molecular weight is 382 g/mol. The minimum absolute atomic E-state index is 0.0369. The first kappa shape index (κ1) is 19.4. The number of hydrogen-bond acceptors (Lipinski definition) is 7. The number of aromatic nitrogens is 2. The molecule has 3 N–H and O–H groups in total. The Morgan fingerprint density at radius 2 is 2.04 bits per heavy atom. The Hall–Kier alpha value is -3.39. The van der Waals surface area contributed by atoms with Crippen LogP contribution in [-0.2, 0) is 11.3 Å². The summed E-state index contributed by atoms with van der Waals surface area (Å²) >= 11 is 0. The van der Waals surface area contributed by atoms with Crippen LogP contribution >= 0.6 is 0 Å². The first-order valence-electron chi connectivity index (χ1n) is 8.82. The first-order valence-corrected chi connectivity index (χ1v) is 8.82. The maximum atomic E-state index is 12.9. The van der Waals surface area contributed by atoms with Crippen LogP contribution in [0.4, 0.5) is 5.95 Å². The van der Waals surface area contributed by atoms with E-state index in [-0.39, 0.29) is 17.1 Å². The number of phenols is 2. The standard InChI is InChI=1S/C20H22N4O4/c1-13(15-9-8-14(25)12-18(15)26)22-23-20-21-17-7-4-3-6-16(17)19(27)24(20)10-5-11-28-2/h3-4,6-9,12,25-26H,5,10-11H2,1-2H3,(H,21,23)/b22-13+. The van der Waals surface area contributed by atoms with E-state index in [1.54, 1.807) is 38.3 Å². The fourth-order valence-corrected chi connectivity index (χ4v) is 2.85. The average Bonchev–Trinajstić information content (AvgIpc) is 2.68. The fraction of sp³-hybridized carbons (Fsp3) is 0.250. The van der Waals surface area contributed by atoms with Gasteiger partial charge in [0.25, 0.3) is 5.56 Å². The molecule has 0 aliphatic heterocycles. The summed E-state index contributed by atoms with van der Waals surface area (Å²) in [6, 6.07) is 11.4. The predicted octanol–water partition coefficient (Wildman–Crippen LogP) is 2.68. The van der Waals surface area contributed by atoms with Crippen molar-refractivity contribution in [2.75, 3.05) is 19.1 Å². The molecular formula is C20H22N4O4. The van der Waals surface area contributed by atoms with Crippen molar-refractivity contribution in [3.05, 3.63) is 58.4 Å². The van der Waals surface area contributed by atoms with Crippen molar-refractivity contribution in [1.29, 1.82) is 0 Å². The van der Waals surface area contributed by atoms with E-state index in [0.717, 1.165) is 0 Å².